The number of hydrogen-bond donors (Lipinski definition) is 2. The van der Waals surface area contributed by atoms with Crippen LogP contribution in [0.1, 0.15) is 32.8 Å². The van der Waals surface area contributed by atoms with Gasteiger partial charge in [0.25, 0.3) is 0 Å². The van der Waals surface area contributed by atoms with Crippen molar-refractivity contribution in [3.8, 4) is 0 Å². The van der Waals surface area contributed by atoms with Crippen LogP contribution in [0.5, 0.6) is 0 Å². The number of sulfonamides is 1. The van der Waals surface area contributed by atoms with E-state index in [-0.39, 0.29) is 12.0 Å². The highest BCUT2D eigenvalue weighted by Crippen LogP contribution is 2.20. The normalized spacial score (nSPS) is 14.6. The molecule has 0 spiro atoms. The van der Waals surface area contributed by atoms with E-state index in [1.54, 1.807) is 0 Å². The van der Waals surface area contributed by atoms with E-state index >= 15 is 0 Å². The van der Waals surface area contributed by atoms with Crippen molar-refractivity contribution >= 4 is 16.1 Å². The van der Waals surface area contributed by atoms with Crippen LogP contribution in [0.2, 0.25) is 0 Å². The van der Waals surface area contributed by atoms with Crippen molar-refractivity contribution in [1.82, 2.24) is 4.72 Å². The fraction of sp³-hybridized carbons (Fsp3) is 0.467. The van der Waals surface area contributed by atoms with Gasteiger partial charge in [-0.2, -0.15) is 0 Å². The minimum absolute atomic E-state index is 0.0265. The van der Waals surface area contributed by atoms with E-state index in [0.29, 0.717) is 6.42 Å². The highest BCUT2D eigenvalue weighted by Gasteiger charge is 2.18. The fourth-order valence-electron chi connectivity index (χ4n) is 1.77. The van der Waals surface area contributed by atoms with Gasteiger partial charge in [0.05, 0.1) is 6.10 Å². The molecule has 0 fully saturated rings. The maximum Gasteiger partial charge on any atom is 0.233 e. The molecular formula is C15H23NO3S. The van der Waals surface area contributed by atoms with Crippen LogP contribution in [0, 0.1) is 5.41 Å². The molecule has 0 aromatic heterocycles. The number of benzene rings is 1. The van der Waals surface area contributed by atoms with Gasteiger partial charge in [-0.3, -0.25) is 0 Å². The molecular weight excluding hydrogens is 274 g/mol. The van der Waals surface area contributed by atoms with E-state index in [0.717, 1.165) is 11.0 Å². The summed E-state index contributed by atoms with van der Waals surface area (Å²) in [6.07, 6.45) is 1.38. The molecule has 0 aliphatic heterocycles. The molecule has 1 rings (SSSR count). The van der Waals surface area contributed by atoms with Crippen molar-refractivity contribution in [2.24, 2.45) is 5.41 Å². The zero-order valence-electron chi connectivity index (χ0n) is 12.2. The van der Waals surface area contributed by atoms with Crippen LogP contribution >= 0.6 is 0 Å². The molecule has 20 heavy (non-hydrogen) atoms. The van der Waals surface area contributed by atoms with Gasteiger partial charge in [-0.05, 0) is 23.5 Å². The molecule has 0 heterocycles. The topological polar surface area (TPSA) is 66.4 Å². The van der Waals surface area contributed by atoms with E-state index in [2.05, 4.69) is 4.72 Å². The monoisotopic (exact) mass is 297 g/mol. The van der Waals surface area contributed by atoms with Gasteiger partial charge in [-0.25, -0.2) is 13.1 Å². The Bertz CT molecular complexity index is 530. The Labute approximate surface area is 121 Å². The average molecular weight is 297 g/mol. The maximum atomic E-state index is 11.8. The molecule has 112 valence electrons. The Morgan fingerprint density at radius 3 is 2.40 bits per heavy atom. The van der Waals surface area contributed by atoms with E-state index < -0.39 is 16.1 Å². The third-order valence-electron chi connectivity index (χ3n) is 2.61. The lowest BCUT2D eigenvalue weighted by atomic mass is 9.89. The van der Waals surface area contributed by atoms with Crippen molar-refractivity contribution in [1.29, 1.82) is 0 Å². The lowest BCUT2D eigenvalue weighted by molar-refractivity contribution is 0.125. The van der Waals surface area contributed by atoms with Crippen LogP contribution in [-0.2, 0) is 10.0 Å². The summed E-state index contributed by atoms with van der Waals surface area (Å²) < 4.78 is 25.9. The standard InChI is InChI=1S/C15H23NO3S/c1-15(2,3)11-14(17)12-16-20(18,19)10-9-13-7-5-4-6-8-13/h4-10,14,16-17H,11-12H2,1-3H3/b10-9+. The summed E-state index contributed by atoms with van der Waals surface area (Å²) in [5.41, 5.74) is 0.776. The Morgan fingerprint density at radius 1 is 1.25 bits per heavy atom. The molecule has 0 aliphatic rings. The minimum atomic E-state index is -3.52. The van der Waals surface area contributed by atoms with Crippen LogP contribution < -0.4 is 4.72 Å². The van der Waals surface area contributed by atoms with E-state index in [9.17, 15) is 13.5 Å². The summed E-state index contributed by atoms with van der Waals surface area (Å²) >= 11 is 0. The van der Waals surface area contributed by atoms with Crippen molar-refractivity contribution in [3.63, 3.8) is 0 Å². The molecule has 1 atom stereocenters. The summed E-state index contributed by atoms with van der Waals surface area (Å²) in [6.45, 7) is 6.03. The zero-order valence-corrected chi connectivity index (χ0v) is 13.0. The molecule has 0 radical (unpaired) electrons. The Morgan fingerprint density at radius 2 is 1.85 bits per heavy atom. The second kappa shape index (κ2) is 7.02. The van der Waals surface area contributed by atoms with E-state index in [1.807, 2.05) is 51.1 Å². The van der Waals surface area contributed by atoms with Gasteiger partial charge in [0.1, 0.15) is 0 Å². The summed E-state index contributed by atoms with van der Waals surface area (Å²) in [7, 11) is -3.52. The maximum absolute atomic E-state index is 11.8. The zero-order chi connectivity index (χ0) is 15.2. The Balaban J connectivity index is 2.52. The first-order chi connectivity index (χ1) is 9.18. The van der Waals surface area contributed by atoms with Gasteiger partial charge in [-0.1, -0.05) is 51.1 Å². The van der Waals surface area contributed by atoms with Crippen molar-refractivity contribution in [2.45, 2.75) is 33.3 Å². The number of nitrogens with one attached hydrogen (secondary N) is 1. The van der Waals surface area contributed by atoms with Gasteiger partial charge in [0.2, 0.25) is 10.0 Å². The van der Waals surface area contributed by atoms with E-state index in [1.165, 1.54) is 6.08 Å². The third kappa shape index (κ3) is 7.43. The first kappa shape index (κ1) is 16.9. The molecule has 0 amide bonds. The van der Waals surface area contributed by atoms with Crippen LogP contribution in [0.3, 0.4) is 0 Å². The third-order valence-corrected chi connectivity index (χ3v) is 3.67. The minimum Gasteiger partial charge on any atom is -0.392 e. The SMILES string of the molecule is CC(C)(C)CC(O)CNS(=O)(=O)/C=C/c1ccccc1. The molecule has 2 N–H and O–H groups in total. The number of hydrogen-bond acceptors (Lipinski definition) is 3. The number of aliphatic hydroxyl groups excluding tert-OH is 1. The van der Waals surface area contributed by atoms with Gasteiger partial charge >= 0.3 is 0 Å². The first-order valence-electron chi connectivity index (χ1n) is 6.59. The summed E-state index contributed by atoms with van der Waals surface area (Å²) in [5, 5.41) is 10.9. The van der Waals surface area contributed by atoms with Gasteiger partial charge < -0.3 is 5.11 Å². The molecule has 4 nitrogen and oxygen atoms in total. The van der Waals surface area contributed by atoms with Crippen LogP contribution in [0.25, 0.3) is 6.08 Å². The molecule has 0 bridgehead atoms. The van der Waals surface area contributed by atoms with Gasteiger partial charge in [0.15, 0.2) is 0 Å². The largest absolute Gasteiger partial charge is 0.392 e. The summed E-state index contributed by atoms with van der Waals surface area (Å²) in [6, 6.07) is 9.19. The van der Waals surface area contributed by atoms with Crippen LogP contribution in [-0.4, -0.2) is 26.2 Å². The quantitative estimate of drug-likeness (QED) is 0.847. The van der Waals surface area contributed by atoms with Crippen molar-refractivity contribution in [2.75, 3.05) is 6.54 Å². The highest BCUT2D eigenvalue weighted by atomic mass is 32.2. The fourth-order valence-corrected chi connectivity index (χ4v) is 2.63. The van der Waals surface area contributed by atoms with Gasteiger partial charge in [-0.15, -0.1) is 0 Å². The van der Waals surface area contributed by atoms with Crippen LogP contribution in [0.4, 0.5) is 0 Å². The predicted molar refractivity (Wildman–Crippen MR) is 82.5 cm³/mol. The summed E-state index contributed by atoms with van der Waals surface area (Å²) in [5.74, 6) is 0. The summed E-state index contributed by atoms with van der Waals surface area (Å²) in [4.78, 5) is 0. The second-order valence-corrected chi connectivity index (χ2v) is 7.68. The molecule has 1 aromatic carbocycles. The van der Waals surface area contributed by atoms with Crippen molar-refractivity contribution < 1.29 is 13.5 Å². The smallest absolute Gasteiger partial charge is 0.233 e. The molecule has 0 saturated heterocycles. The van der Waals surface area contributed by atoms with Crippen molar-refractivity contribution in [3.05, 3.63) is 41.3 Å². The first-order valence-corrected chi connectivity index (χ1v) is 8.13. The van der Waals surface area contributed by atoms with E-state index in [4.69, 9.17) is 0 Å². The van der Waals surface area contributed by atoms with Crippen LogP contribution in [0.15, 0.2) is 35.7 Å². The highest BCUT2D eigenvalue weighted by molar-refractivity contribution is 7.92. The molecule has 0 aliphatic carbocycles. The number of rotatable bonds is 6. The average Bonchev–Trinajstić information content (AvgIpc) is 2.34. The molecule has 5 heteroatoms. The van der Waals surface area contributed by atoms with Gasteiger partial charge in [0, 0.05) is 12.0 Å². The predicted octanol–water partition coefficient (Wildman–Crippen LogP) is 2.37. The Hall–Kier alpha value is -1.17. The molecule has 0 saturated carbocycles. The lowest BCUT2D eigenvalue weighted by Gasteiger charge is -2.22. The lowest BCUT2D eigenvalue weighted by Crippen LogP contribution is -2.33. The second-order valence-electron chi connectivity index (χ2n) is 6.03. The number of aliphatic hydroxyl groups is 1. The molecule has 1 aromatic rings. The Kier molecular flexibility index (Phi) is 5.92. The molecule has 1 unspecified atom stereocenters.